The molecule has 0 aliphatic carbocycles. The molecule has 1 atom stereocenters. The summed E-state index contributed by atoms with van der Waals surface area (Å²) < 4.78 is 0. The zero-order valence-electron chi connectivity index (χ0n) is 11.8. The van der Waals surface area contributed by atoms with E-state index in [1.807, 2.05) is 27.0 Å². The van der Waals surface area contributed by atoms with E-state index in [0.29, 0.717) is 10.1 Å². The Morgan fingerprint density at radius 3 is 2.95 bits per heavy atom. The maximum Gasteiger partial charge on any atom is 0.284 e. The van der Waals surface area contributed by atoms with Gasteiger partial charge in [-0.3, -0.25) is 4.79 Å². The van der Waals surface area contributed by atoms with Crippen LogP contribution in [0.3, 0.4) is 0 Å². The zero-order valence-corrected chi connectivity index (χ0v) is 13.4. The first-order valence-corrected chi connectivity index (χ1v) is 8.18. The van der Waals surface area contributed by atoms with Crippen molar-refractivity contribution in [2.75, 3.05) is 18.9 Å². The van der Waals surface area contributed by atoms with Gasteiger partial charge in [-0.15, -0.1) is 21.5 Å². The molecule has 0 aliphatic heterocycles. The fourth-order valence-corrected chi connectivity index (χ4v) is 3.36. The lowest BCUT2D eigenvalue weighted by atomic mass is 10.2. The third-order valence-corrected chi connectivity index (χ3v) is 4.76. The van der Waals surface area contributed by atoms with Crippen LogP contribution in [-0.2, 0) is 6.42 Å². The third-order valence-electron chi connectivity index (χ3n) is 2.99. The molecule has 7 heteroatoms. The van der Waals surface area contributed by atoms with Crippen molar-refractivity contribution < 1.29 is 4.79 Å². The summed E-state index contributed by atoms with van der Waals surface area (Å²) in [7, 11) is 1.81. The van der Waals surface area contributed by atoms with E-state index in [0.717, 1.165) is 13.0 Å². The minimum Gasteiger partial charge on any atom is -0.360 e. The number of hydrogen-bond acceptors (Lipinski definition) is 6. The van der Waals surface area contributed by atoms with Crippen molar-refractivity contribution in [1.82, 2.24) is 15.1 Å². The number of amides is 1. The van der Waals surface area contributed by atoms with Crippen LogP contribution in [0.15, 0.2) is 17.5 Å². The van der Waals surface area contributed by atoms with Crippen LogP contribution in [0.25, 0.3) is 0 Å². The normalized spacial score (nSPS) is 12.2. The Kier molecular flexibility index (Phi) is 5.08. The van der Waals surface area contributed by atoms with Crippen LogP contribution in [0.4, 0.5) is 5.13 Å². The molecule has 0 aromatic carbocycles. The molecule has 2 rings (SSSR count). The SMILES string of the molecule is CCNc1nnc(C(=O)N(C)C(C)Cc2cccs2)s1. The van der Waals surface area contributed by atoms with Crippen LogP contribution in [0.2, 0.25) is 0 Å². The van der Waals surface area contributed by atoms with Gasteiger partial charge in [0.1, 0.15) is 0 Å². The maximum atomic E-state index is 12.3. The molecule has 1 N–H and O–H groups in total. The quantitative estimate of drug-likeness (QED) is 0.891. The predicted octanol–water partition coefficient (Wildman–Crippen LogP) is 2.73. The lowest BCUT2D eigenvalue weighted by Gasteiger charge is -2.23. The lowest BCUT2D eigenvalue weighted by molar-refractivity contribution is 0.0742. The molecule has 5 nitrogen and oxygen atoms in total. The van der Waals surface area contributed by atoms with Crippen LogP contribution in [0, 0.1) is 0 Å². The first-order chi connectivity index (χ1) is 9.61. The van der Waals surface area contributed by atoms with Gasteiger partial charge in [-0.05, 0) is 25.3 Å². The lowest BCUT2D eigenvalue weighted by Crippen LogP contribution is -2.36. The second-order valence-electron chi connectivity index (χ2n) is 4.49. The zero-order chi connectivity index (χ0) is 14.5. The van der Waals surface area contributed by atoms with Crippen molar-refractivity contribution in [1.29, 1.82) is 0 Å². The van der Waals surface area contributed by atoms with E-state index in [9.17, 15) is 4.79 Å². The van der Waals surface area contributed by atoms with E-state index in [4.69, 9.17) is 0 Å². The Bertz CT molecular complexity index is 552. The van der Waals surface area contributed by atoms with Crippen molar-refractivity contribution in [2.24, 2.45) is 0 Å². The van der Waals surface area contributed by atoms with Gasteiger partial charge in [0.05, 0.1) is 0 Å². The third kappa shape index (κ3) is 3.55. The molecule has 2 heterocycles. The molecule has 1 unspecified atom stereocenters. The Morgan fingerprint density at radius 1 is 1.50 bits per heavy atom. The smallest absolute Gasteiger partial charge is 0.284 e. The summed E-state index contributed by atoms with van der Waals surface area (Å²) in [5.41, 5.74) is 0. The van der Waals surface area contributed by atoms with Gasteiger partial charge in [-0.1, -0.05) is 17.4 Å². The van der Waals surface area contributed by atoms with E-state index in [2.05, 4.69) is 27.0 Å². The molecule has 0 saturated carbocycles. The second-order valence-corrected chi connectivity index (χ2v) is 6.50. The minimum atomic E-state index is -0.0734. The highest BCUT2D eigenvalue weighted by atomic mass is 32.1. The number of hydrogen-bond donors (Lipinski definition) is 1. The summed E-state index contributed by atoms with van der Waals surface area (Å²) in [6.45, 7) is 4.80. The molecular weight excluding hydrogens is 292 g/mol. The fraction of sp³-hybridized carbons (Fsp3) is 0.462. The van der Waals surface area contributed by atoms with Gasteiger partial charge >= 0.3 is 0 Å². The number of anilines is 1. The van der Waals surface area contributed by atoms with E-state index in [1.165, 1.54) is 16.2 Å². The molecule has 0 radical (unpaired) electrons. The van der Waals surface area contributed by atoms with Crippen LogP contribution < -0.4 is 5.32 Å². The molecule has 0 fully saturated rings. The second kappa shape index (κ2) is 6.81. The molecule has 0 saturated heterocycles. The molecule has 2 aromatic rings. The fourth-order valence-electron chi connectivity index (χ4n) is 1.74. The van der Waals surface area contributed by atoms with Gasteiger partial charge in [-0.2, -0.15) is 0 Å². The largest absolute Gasteiger partial charge is 0.360 e. The number of likely N-dealkylation sites (N-methyl/N-ethyl adjacent to an activating group) is 1. The minimum absolute atomic E-state index is 0.0734. The van der Waals surface area contributed by atoms with Gasteiger partial charge in [0.15, 0.2) is 0 Å². The topological polar surface area (TPSA) is 58.1 Å². The van der Waals surface area contributed by atoms with Crippen molar-refractivity contribution in [3.8, 4) is 0 Å². The Balaban J connectivity index is 1.99. The van der Waals surface area contributed by atoms with Crippen molar-refractivity contribution in [3.05, 3.63) is 27.4 Å². The number of nitrogens with zero attached hydrogens (tertiary/aromatic N) is 3. The summed E-state index contributed by atoms with van der Waals surface area (Å²) >= 11 is 3.01. The predicted molar refractivity (Wildman–Crippen MR) is 83.7 cm³/mol. The molecule has 2 aromatic heterocycles. The van der Waals surface area contributed by atoms with Gasteiger partial charge < -0.3 is 10.2 Å². The highest BCUT2D eigenvalue weighted by molar-refractivity contribution is 7.17. The van der Waals surface area contributed by atoms with Gasteiger partial charge in [0.2, 0.25) is 10.1 Å². The maximum absolute atomic E-state index is 12.3. The van der Waals surface area contributed by atoms with Crippen molar-refractivity contribution >= 4 is 33.7 Å². The highest BCUT2D eigenvalue weighted by Gasteiger charge is 2.21. The van der Waals surface area contributed by atoms with Crippen molar-refractivity contribution in [3.63, 3.8) is 0 Å². The Morgan fingerprint density at radius 2 is 2.30 bits per heavy atom. The van der Waals surface area contributed by atoms with Gasteiger partial charge in [0.25, 0.3) is 5.91 Å². The summed E-state index contributed by atoms with van der Waals surface area (Å²) in [5.74, 6) is -0.0734. The number of carbonyl (C=O) groups is 1. The molecule has 20 heavy (non-hydrogen) atoms. The Labute approximate surface area is 126 Å². The molecule has 108 valence electrons. The first-order valence-electron chi connectivity index (χ1n) is 6.48. The molecule has 0 bridgehead atoms. The summed E-state index contributed by atoms with van der Waals surface area (Å²) in [4.78, 5) is 15.4. The van der Waals surface area contributed by atoms with Crippen LogP contribution in [0.5, 0.6) is 0 Å². The number of carbonyl (C=O) groups excluding carboxylic acids is 1. The standard InChI is InChI=1S/C13H18N4OS2/c1-4-14-13-16-15-11(20-13)12(18)17(3)9(2)8-10-6-5-7-19-10/h5-7,9H,4,8H2,1-3H3,(H,14,16). The van der Waals surface area contributed by atoms with Crippen LogP contribution in [0.1, 0.15) is 28.5 Å². The molecular formula is C13H18N4OS2. The van der Waals surface area contributed by atoms with Crippen LogP contribution in [-0.4, -0.2) is 40.6 Å². The average Bonchev–Trinajstić information content (AvgIpc) is 3.09. The summed E-state index contributed by atoms with van der Waals surface area (Å²) in [6.07, 6.45) is 0.860. The first kappa shape index (κ1) is 14.9. The monoisotopic (exact) mass is 310 g/mol. The van der Waals surface area contributed by atoms with Gasteiger partial charge in [0, 0.05) is 30.9 Å². The van der Waals surface area contributed by atoms with Gasteiger partial charge in [-0.25, -0.2) is 0 Å². The molecule has 0 spiro atoms. The van der Waals surface area contributed by atoms with Crippen LogP contribution >= 0.6 is 22.7 Å². The summed E-state index contributed by atoms with van der Waals surface area (Å²) in [5, 5.41) is 14.1. The van der Waals surface area contributed by atoms with E-state index in [1.54, 1.807) is 16.2 Å². The molecule has 0 aliphatic rings. The number of rotatable bonds is 6. The average molecular weight is 310 g/mol. The van der Waals surface area contributed by atoms with E-state index in [-0.39, 0.29) is 11.9 Å². The number of aromatic nitrogens is 2. The number of thiophene rings is 1. The highest BCUT2D eigenvalue weighted by Crippen LogP contribution is 2.19. The van der Waals surface area contributed by atoms with Crippen molar-refractivity contribution in [2.45, 2.75) is 26.3 Å². The van der Waals surface area contributed by atoms with E-state index < -0.39 is 0 Å². The number of nitrogens with one attached hydrogen (secondary N) is 1. The van der Waals surface area contributed by atoms with E-state index >= 15 is 0 Å². The molecule has 1 amide bonds. The summed E-state index contributed by atoms with van der Waals surface area (Å²) in [6, 6.07) is 4.25. The Hall–Kier alpha value is -1.47.